The maximum atomic E-state index is 4.37. The van der Waals surface area contributed by atoms with Crippen molar-refractivity contribution in [2.24, 2.45) is 0 Å². The minimum Gasteiger partial charge on any atom is -0.241 e. The van der Waals surface area contributed by atoms with Gasteiger partial charge in [-0.05, 0) is 30.2 Å². The van der Waals surface area contributed by atoms with Crippen LogP contribution in [-0.2, 0) is 6.42 Å². The largest absolute Gasteiger partial charge is 0.241 e. The zero-order valence-electron chi connectivity index (χ0n) is 7.51. The van der Waals surface area contributed by atoms with E-state index in [0.717, 1.165) is 11.9 Å². The first-order valence-corrected chi connectivity index (χ1v) is 4.88. The van der Waals surface area contributed by atoms with Gasteiger partial charge in [0.15, 0.2) is 0 Å². The van der Waals surface area contributed by atoms with Crippen molar-refractivity contribution in [2.45, 2.75) is 18.6 Å². The predicted octanol–water partition coefficient (Wildman–Crippen LogP) is 2.20. The quantitative estimate of drug-likeness (QED) is 0.722. The van der Waals surface area contributed by atoms with Gasteiger partial charge in [0.25, 0.3) is 0 Å². The average molecular weight is 192 g/mol. The molecule has 2 aromatic rings. The second-order valence-electron chi connectivity index (χ2n) is 3.29. The number of pyridine rings is 1. The standard InChI is InChI=1S/C10H12N2S/c1-8(13)6-9-3-5-12-10(7-9)2-4-11-12/h2-5,7-8,13H,6H2,1H3. The Kier molecular flexibility index (Phi) is 2.27. The molecule has 0 radical (unpaired) electrons. The molecule has 0 amide bonds. The zero-order valence-corrected chi connectivity index (χ0v) is 8.41. The molecule has 0 saturated heterocycles. The van der Waals surface area contributed by atoms with Crippen LogP contribution in [-0.4, -0.2) is 14.9 Å². The third kappa shape index (κ3) is 1.86. The smallest absolute Gasteiger partial charge is 0.0664 e. The Morgan fingerprint density at radius 2 is 2.38 bits per heavy atom. The van der Waals surface area contributed by atoms with Gasteiger partial charge in [-0.3, -0.25) is 0 Å². The second kappa shape index (κ2) is 3.42. The molecule has 2 heterocycles. The van der Waals surface area contributed by atoms with Gasteiger partial charge in [-0.2, -0.15) is 17.7 Å². The summed E-state index contributed by atoms with van der Waals surface area (Å²) in [6.45, 7) is 2.10. The van der Waals surface area contributed by atoms with E-state index in [0.29, 0.717) is 5.25 Å². The topological polar surface area (TPSA) is 17.3 Å². The lowest BCUT2D eigenvalue weighted by Gasteiger charge is -2.04. The van der Waals surface area contributed by atoms with Crippen molar-refractivity contribution in [3.63, 3.8) is 0 Å². The molecule has 2 rings (SSSR count). The van der Waals surface area contributed by atoms with Crippen molar-refractivity contribution in [3.05, 3.63) is 36.2 Å². The summed E-state index contributed by atoms with van der Waals surface area (Å²) in [5.74, 6) is 0. The number of fused-ring (bicyclic) bond motifs is 1. The first kappa shape index (κ1) is 8.63. The highest BCUT2D eigenvalue weighted by molar-refractivity contribution is 7.80. The Morgan fingerprint density at radius 1 is 1.54 bits per heavy atom. The Bertz CT molecular complexity index is 406. The fourth-order valence-electron chi connectivity index (χ4n) is 1.44. The number of hydrogen-bond acceptors (Lipinski definition) is 2. The maximum absolute atomic E-state index is 4.37. The molecule has 2 nitrogen and oxygen atoms in total. The lowest BCUT2D eigenvalue weighted by molar-refractivity contribution is 0.921. The first-order valence-electron chi connectivity index (χ1n) is 4.36. The van der Waals surface area contributed by atoms with Gasteiger partial charge in [0.2, 0.25) is 0 Å². The fraction of sp³-hybridized carbons (Fsp3) is 0.300. The van der Waals surface area contributed by atoms with Gasteiger partial charge in [0, 0.05) is 17.6 Å². The maximum Gasteiger partial charge on any atom is 0.0664 e. The molecule has 13 heavy (non-hydrogen) atoms. The van der Waals surface area contributed by atoms with Crippen molar-refractivity contribution in [1.82, 2.24) is 9.61 Å². The minimum atomic E-state index is 0.408. The molecule has 0 saturated carbocycles. The molecule has 0 aliphatic rings. The molecule has 68 valence electrons. The number of aromatic nitrogens is 2. The van der Waals surface area contributed by atoms with Crippen molar-refractivity contribution < 1.29 is 0 Å². The minimum absolute atomic E-state index is 0.408. The molecule has 1 unspecified atom stereocenters. The molecule has 2 aromatic heterocycles. The van der Waals surface area contributed by atoms with Crippen LogP contribution < -0.4 is 0 Å². The van der Waals surface area contributed by atoms with Crippen molar-refractivity contribution >= 4 is 18.1 Å². The summed E-state index contributed by atoms with van der Waals surface area (Å²) in [6, 6.07) is 6.25. The second-order valence-corrected chi connectivity index (χ2v) is 4.17. The van der Waals surface area contributed by atoms with E-state index in [9.17, 15) is 0 Å². The molecular formula is C10H12N2S. The SMILES string of the molecule is CC(S)Cc1ccn2nccc2c1. The van der Waals surface area contributed by atoms with Gasteiger partial charge in [0.05, 0.1) is 5.52 Å². The van der Waals surface area contributed by atoms with E-state index in [4.69, 9.17) is 0 Å². The van der Waals surface area contributed by atoms with Gasteiger partial charge in [-0.15, -0.1) is 0 Å². The van der Waals surface area contributed by atoms with E-state index in [1.807, 2.05) is 23.0 Å². The average Bonchev–Trinajstić information content (AvgIpc) is 2.49. The van der Waals surface area contributed by atoms with Gasteiger partial charge in [0.1, 0.15) is 0 Å². The normalized spacial score (nSPS) is 13.4. The van der Waals surface area contributed by atoms with E-state index in [2.05, 4.69) is 36.8 Å². The summed E-state index contributed by atoms with van der Waals surface area (Å²) in [4.78, 5) is 0. The number of nitrogens with zero attached hydrogens (tertiary/aromatic N) is 2. The third-order valence-corrected chi connectivity index (χ3v) is 2.18. The zero-order chi connectivity index (χ0) is 9.26. The van der Waals surface area contributed by atoms with Crippen molar-refractivity contribution in [2.75, 3.05) is 0 Å². The van der Waals surface area contributed by atoms with Crippen LogP contribution in [0.15, 0.2) is 30.6 Å². The summed E-state index contributed by atoms with van der Waals surface area (Å²) in [5, 5.41) is 4.54. The highest BCUT2D eigenvalue weighted by Gasteiger charge is 1.99. The molecular weight excluding hydrogens is 180 g/mol. The molecule has 1 atom stereocenters. The number of hydrogen-bond donors (Lipinski definition) is 1. The van der Waals surface area contributed by atoms with Crippen LogP contribution in [0, 0.1) is 0 Å². The van der Waals surface area contributed by atoms with Gasteiger partial charge >= 0.3 is 0 Å². The summed E-state index contributed by atoms with van der Waals surface area (Å²) >= 11 is 4.37. The number of thiol groups is 1. The van der Waals surface area contributed by atoms with E-state index in [1.54, 1.807) is 0 Å². The molecule has 0 aliphatic heterocycles. The highest BCUT2D eigenvalue weighted by Crippen LogP contribution is 2.10. The third-order valence-electron chi connectivity index (χ3n) is 2.00. The summed E-state index contributed by atoms with van der Waals surface area (Å²) in [5.41, 5.74) is 2.46. The Labute approximate surface area is 83.0 Å². The van der Waals surface area contributed by atoms with E-state index in [1.165, 1.54) is 5.56 Å². The molecule has 0 N–H and O–H groups in total. The van der Waals surface area contributed by atoms with Crippen LogP contribution >= 0.6 is 12.6 Å². The number of rotatable bonds is 2. The van der Waals surface area contributed by atoms with Crippen molar-refractivity contribution in [1.29, 1.82) is 0 Å². The van der Waals surface area contributed by atoms with Crippen LogP contribution in [0.2, 0.25) is 0 Å². The Balaban J connectivity index is 2.37. The monoisotopic (exact) mass is 192 g/mol. The van der Waals surface area contributed by atoms with Crippen LogP contribution in [0.5, 0.6) is 0 Å². The predicted molar refractivity (Wildman–Crippen MR) is 57.3 cm³/mol. The van der Waals surface area contributed by atoms with Crippen molar-refractivity contribution in [3.8, 4) is 0 Å². The molecule has 0 spiro atoms. The Morgan fingerprint density at radius 3 is 3.15 bits per heavy atom. The van der Waals surface area contributed by atoms with Gasteiger partial charge in [-0.1, -0.05) is 6.92 Å². The molecule has 0 aromatic carbocycles. The van der Waals surface area contributed by atoms with E-state index >= 15 is 0 Å². The van der Waals surface area contributed by atoms with Crippen LogP contribution in [0.25, 0.3) is 5.52 Å². The first-order chi connectivity index (χ1) is 6.25. The summed E-state index contributed by atoms with van der Waals surface area (Å²) in [7, 11) is 0. The molecule has 0 bridgehead atoms. The molecule has 3 heteroatoms. The lowest BCUT2D eigenvalue weighted by atomic mass is 10.1. The van der Waals surface area contributed by atoms with Gasteiger partial charge < -0.3 is 0 Å². The van der Waals surface area contributed by atoms with E-state index < -0.39 is 0 Å². The van der Waals surface area contributed by atoms with Crippen LogP contribution in [0.1, 0.15) is 12.5 Å². The van der Waals surface area contributed by atoms with E-state index in [-0.39, 0.29) is 0 Å². The lowest BCUT2D eigenvalue weighted by Crippen LogP contribution is -1.98. The molecule has 0 aliphatic carbocycles. The Hall–Kier alpha value is -0.960. The van der Waals surface area contributed by atoms with Crippen LogP contribution in [0.4, 0.5) is 0 Å². The summed E-state index contributed by atoms with van der Waals surface area (Å²) in [6.07, 6.45) is 4.80. The highest BCUT2D eigenvalue weighted by atomic mass is 32.1. The molecule has 0 fully saturated rings. The fourth-order valence-corrected chi connectivity index (χ4v) is 1.65. The van der Waals surface area contributed by atoms with Crippen LogP contribution in [0.3, 0.4) is 0 Å². The summed E-state index contributed by atoms with van der Waals surface area (Å²) < 4.78 is 1.87. The van der Waals surface area contributed by atoms with Gasteiger partial charge in [-0.25, -0.2) is 4.52 Å².